The van der Waals surface area contributed by atoms with Crippen LogP contribution in [0.4, 0.5) is 0 Å². The Morgan fingerprint density at radius 2 is 1.76 bits per heavy atom. The molecule has 0 saturated carbocycles. The lowest BCUT2D eigenvalue weighted by Gasteiger charge is -2.26. The molecule has 25 heavy (non-hydrogen) atoms. The number of carbonyl (C=O) groups is 1. The number of ether oxygens (including phenoxy) is 4. The number of esters is 1. The number of aromatic hydroxyl groups is 2. The Balaban J connectivity index is 1.76. The molecule has 2 aromatic rings. The first kappa shape index (κ1) is 16.8. The summed E-state index contributed by atoms with van der Waals surface area (Å²) in [6.45, 7) is 0.128. The first-order chi connectivity index (χ1) is 12.0. The number of hydrogen-bond donors (Lipinski definition) is 2. The lowest BCUT2D eigenvalue weighted by molar-refractivity contribution is 0.0127. The third-order valence-electron chi connectivity index (χ3n) is 3.89. The van der Waals surface area contributed by atoms with E-state index in [1.807, 2.05) is 0 Å². The number of benzene rings is 2. The molecule has 132 valence electrons. The summed E-state index contributed by atoms with van der Waals surface area (Å²) >= 11 is 0. The summed E-state index contributed by atoms with van der Waals surface area (Å²) in [5.41, 5.74) is 0.780. The smallest absolute Gasteiger partial charge is 0.338 e. The highest BCUT2D eigenvalue weighted by atomic mass is 16.6. The Morgan fingerprint density at radius 1 is 1.08 bits per heavy atom. The second-order valence-corrected chi connectivity index (χ2v) is 5.59. The topological polar surface area (TPSA) is 94.5 Å². The van der Waals surface area contributed by atoms with E-state index in [4.69, 9.17) is 18.9 Å². The van der Waals surface area contributed by atoms with Gasteiger partial charge in [0.1, 0.15) is 41.5 Å². The van der Waals surface area contributed by atoms with Gasteiger partial charge in [-0.1, -0.05) is 0 Å². The van der Waals surface area contributed by atoms with Gasteiger partial charge in [0.15, 0.2) is 0 Å². The highest BCUT2D eigenvalue weighted by Crippen LogP contribution is 2.37. The van der Waals surface area contributed by atoms with Crippen LogP contribution in [0.3, 0.4) is 0 Å². The molecular weight excluding hydrogens is 328 g/mol. The van der Waals surface area contributed by atoms with E-state index in [-0.39, 0.29) is 30.1 Å². The van der Waals surface area contributed by atoms with Gasteiger partial charge in [0.25, 0.3) is 0 Å². The molecule has 1 unspecified atom stereocenters. The van der Waals surface area contributed by atoms with Crippen LogP contribution in [0.15, 0.2) is 30.3 Å². The largest absolute Gasteiger partial charge is 0.508 e. The molecule has 3 rings (SSSR count). The molecule has 1 aliphatic rings. The quantitative estimate of drug-likeness (QED) is 0.820. The van der Waals surface area contributed by atoms with Gasteiger partial charge in [0.05, 0.1) is 19.8 Å². The molecule has 0 amide bonds. The van der Waals surface area contributed by atoms with Crippen molar-refractivity contribution in [3.63, 3.8) is 0 Å². The lowest BCUT2D eigenvalue weighted by Crippen LogP contribution is -2.31. The molecule has 1 heterocycles. The lowest BCUT2D eigenvalue weighted by atomic mass is 10.0. The van der Waals surface area contributed by atoms with Gasteiger partial charge in [-0.05, 0) is 12.1 Å². The molecule has 2 aromatic carbocycles. The van der Waals surface area contributed by atoms with Gasteiger partial charge in [-0.25, -0.2) is 4.79 Å². The maximum atomic E-state index is 12.4. The fourth-order valence-electron chi connectivity index (χ4n) is 2.64. The van der Waals surface area contributed by atoms with E-state index < -0.39 is 12.1 Å². The summed E-state index contributed by atoms with van der Waals surface area (Å²) in [5, 5.41) is 19.4. The Bertz CT molecular complexity index is 778. The zero-order chi connectivity index (χ0) is 18.0. The van der Waals surface area contributed by atoms with E-state index in [1.54, 1.807) is 18.2 Å². The van der Waals surface area contributed by atoms with Crippen LogP contribution < -0.4 is 14.2 Å². The maximum Gasteiger partial charge on any atom is 0.338 e. The highest BCUT2D eigenvalue weighted by molar-refractivity contribution is 5.90. The van der Waals surface area contributed by atoms with Gasteiger partial charge in [0, 0.05) is 30.2 Å². The zero-order valence-corrected chi connectivity index (χ0v) is 13.8. The predicted molar refractivity (Wildman–Crippen MR) is 87.7 cm³/mol. The van der Waals surface area contributed by atoms with E-state index in [2.05, 4.69) is 0 Å². The zero-order valence-electron chi connectivity index (χ0n) is 13.8. The van der Waals surface area contributed by atoms with Crippen LogP contribution >= 0.6 is 0 Å². The van der Waals surface area contributed by atoms with Crippen molar-refractivity contribution in [3.05, 3.63) is 41.5 Å². The van der Waals surface area contributed by atoms with E-state index in [0.717, 1.165) is 0 Å². The molecule has 7 heteroatoms. The maximum absolute atomic E-state index is 12.4. The molecule has 2 N–H and O–H groups in total. The average Bonchev–Trinajstić information content (AvgIpc) is 2.61. The van der Waals surface area contributed by atoms with E-state index in [1.165, 1.54) is 26.4 Å². The number of hydrogen-bond acceptors (Lipinski definition) is 7. The first-order valence-corrected chi connectivity index (χ1v) is 7.62. The van der Waals surface area contributed by atoms with Gasteiger partial charge >= 0.3 is 5.97 Å². The molecule has 0 radical (unpaired) electrons. The number of rotatable bonds is 4. The Morgan fingerprint density at radius 3 is 2.40 bits per heavy atom. The Kier molecular flexibility index (Phi) is 4.56. The van der Waals surface area contributed by atoms with Gasteiger partial charge in [-0.15, -0.1) is 0 Å². The summed E-state index contributed by atoms with van der Waals surface area (Å²) in [5.74, 6) is 0.601. The van der Waals surface area contributed by atoms with Crippen LogP contribution in [0.1, 0.15) is 15.9 Å². The van der Waals surface area contributed by atoms with Crippen molar-refractivity contribution in [2.24, 2.45) is 0 Å². The molecule has 1 aliphatic heterocycles. The van der Waals surface area contributed by atoms with Gasteiger partial charge < -0.3 is 29.2 Å². The van der Waals surface area contributed by atoms with Crippen molar-refractivity contribution >= 4 is 5.97 Å². The number of phenols is 2. The molecule has 0 spiro atoms. The summed E-state index contributed by atoms with van der Waals surface area (Å²) in [4.78, 5) is 12.4. The minimum absolute atomic E-state index is 0.0878. The standard InChI is InChI=1S/C18H18O7/c1-22-12-3-10(4-13(7-12)23-2)18(21)25-14-8-15-16(20)5-11(19)6-17(15)24-9-14/h3-7,14,19-20H,8-9H2,1-2H3. The molecule has 0 saturated heterocycles. The van der Waals surface area contributed by atoms with Crippen molar-refractivity contribution in [1.29, 1.82) is 0 Å². The van der Waals surface area contributed by atoms with Crippen molar-refractivity contribution in [2.45, 2.75) is 12.5 Å². The van der Waals surface area contributed by atoms with E-state index in [9.17, 15) is 15.0 Å². The molecule has 0 fully saturated rings. The van der Waals surface area contributed by atoms with Crippen molar-refractivity contribution in [3.8, 4) is 28.7 Å². The average molecular weight is 346 g/mol. The number of carbonyl (C=O) groups excluding carboxylic acids is 1. The summed E-state index contributed by atoms with van der Waals surface area (Å²) in [7, 11) is 2.99. The molecule has 1 atom stereocenters. The summed E-state index contributed by atoms with van der Waals surface area (Å²) in [6, 6.07) is 7.40. The number of methoxy groups -OCH3 is 2. The van der Waals surface area contributed by atoms with Crippen molar-refractivity contribution in [2.75, 3.05) is 20.8 Å². The van der Waals surface area contributed by atoms with Crippen molar-refractivity contribution < 1.29 is 34.0 Å². The van der Waals surface area contributed by atoms with Crippen LogP contribution in [0, 0.1) is 0 Å². The van der Waals surface area contributed by atoms with E-state index in [0.29, 0.717) is 22.8 Å². The summed E-state index contributed by atoms with van der Waals surface area (Å²) < 4.78 is 21.2. The van der Waals surface area contributed by atoms with Gasteiger partial charge in [0.2, 0.25) is 0 Å². The SMILES string of the molecule is COc1cc(OC)cc(C(=O)OC2COc3cc(O)cc(O)c3C2)c1. The Hall–Kier alpha value is -3.09. The third kappa shape index (κ3) is 3.55. The highest BCUT2D eigenvalue weighted by Gasteiger charge is 2.27. The van der Waals surface area contributed by atoms with Crippen LogP contribution in [0.2, 0.25) is 0 Å². The molecule has 7 nitrogen and oxygen atoms in total. The molecule has 0 aromatic heterocycles. The monoisotopic (exact) mass is 346 g/mol. The van der Waals surface area contributed by atoms with Gasteiger partial charge in [-0.3, -0.25) is 0 Å². The normalized spacial score (nSPS) is 15.7. The molecular formula is C18H18O7. The third-order valence-corrected chi connectivity index (χ3v) is 3.89. The van der Waals surface area contributed by atoms with Gasteiger partial charge in [-0.2, -0.15) is 0 Å². The fourth-order valence-corrected chi connectivity index (χ4v) is 2.64. The minimum atomic E-state index is -0.562. The molecule has 0 bridgehead atoms. The molecule has 0 aliphatic carbocycles. The Labute approximate surface area is 144 Å². The van der Waals surface area contributed by atoms with Crippen LogP contribution in [-0.2, 0) is 11.2 Å². The number of phenolic OH excluding ortho intramolecular Hbond substituents is 2. The van der Waals surface area contributed by atoms with Crippen LogP contribution in [0.5, 0.6) is 28.7 Å². The van der Waals surface area contributed by atoms with E-state index >= 15 is 0 Å². The van der Waals surface area contributed by atoms with Crippen LogP contribution in [-0.4, -0.2) is 43.1 Å². The first-order valence-electron chi connectivity index (χ1n) is 7.62. The van der Waals surface area contributed by atoms with Crippen molar-refractivity contribution in [1.82, 2.24) is 0 Å². The second kappa shape index (κ2) is 6.80. The second-order valence-electron chi connectivity index (χ2n) is 5.59. The predicted octanol–water partition coefficient (Wildman–Crippen LogP) is 2.28. The fraction of sp³-hybridized carbons (Fsp3) is 0.278. The van der Waals surface area contributed by atoms with Crippen LogP contribution in [0.25, 0.3) is 0 Å². The minimum Gasteiger partial charge on any atom is -0.508 e. The number of fused-ring (bicyclic) bond motifs is 1. The summed E-state index contributed by atoms with van der Waals surface area (Å²) in [6.07, 6.45) is -0.276.